The highest BCUT2D eigenvalue weighted by molar-refractivity contribution is 7.97. The zero-order valence-corrected chi connectivity index (χ0v) is 16.2. The largest absolute Gasteiger partial charge is 0.360 e. The molecule has 0 saturated heterocycles. The van der Waals surface area contributed by atoms with E-state index in [-0.39, 0.29) is 12.4 Å². The number of Topliss-reactive ketones (excluding diaryl/α,β-unsaturated/α-hetero) is 1. The number of fused-ring (bicyclic) bond motifs is 1. The Balaban J connectivity index is 1.74. The van der Waals surface area contributed by atoms with Gasteiger partial charge < -0.3 is 9.84 Å². The second kappa shape index (κ2) is 6.88. The van der Waals surface area contributed by atoms with E-state index in [1.807, 2.05) is 0 Å². The molecule has 0 saturated carbocycles. The number of aromatic nitrogens is 1. The van der Waals surface area contributed by atoms with Gasteiger partial charge in [0.2, 0.25) is 5.78 Å². The zero-order chi connectivity index (χ0) is 19.9. The number of rotatable bonds is 4. The van der Waals surface area contributed by atoms with Crippen molar-refractivity contribution in [2.24, 2.45) is 0 Å². The van der Waals surface area contributed by atoms with Gasteiger partial charge in [-0.15, -0.1) is 11.3 Å². The van der Waals surface area contributed by atoms with E-state index in [1.165, 1.54) is 24.3 Å². The molecule has 10 heteroatoms. The fourth-order valence-electron chi connectivity index (χ4n) is 2.79. The number of allylic oxidation sites excluding steroid dienone is 1. The molecule has 144 valence electrons. The summed E-state index contributed by atoms with van der Waals surface area (Å²) in [6.45, 7) is 1.66. The van der Waals surface area contributed by atoms with Crippen molar-refractivity contribution >= 4 is 38.6 Å². The Kier molecular flexibility index (Phi) is 4.52. The van der Waals surface area contributed by atoms with Gasteiger partial charge in [-0.05, 0) is 36.1 Å². The number of nitrogens with zero attached hydrogens (tertiary/aromatic N) is 2. The van der Waals surface area contributed by atoms with Crippen molar-refractivity contribution in [2.75, 3.05) is 9.62 Å². The van der Waals surface area contributed by atoms with Gasteiger partial charge in [0.1, 0.15) is 16.5 Å². The van der Waals surface area contributed by atoms with Crippen LogP contribution < -0.4 is 9.62 Å². The summed E-state index contributed by atoms with van der Waals surface area (Å²) in [6, 6.07) is 8.70. The smallest absolute Gasteiger partial charge is 0.270 e. The Hall–Kier alpha value is -2.98. The number of carbonyl (C=O) groups excluding carboxylic acids is 1. The molecule has 1 aliphatic heterocycles. The van der Waals surface area contributed by atoms with Crippen LogP contribution in [0.3, 0.4) is 0 Å². The molecule has 4 rings (SSSR count). The first-order valence-electron chi connectivity index (χ1n) is 8.15. The highest BCUT2D eigenvalue weighted by Crippen LogP contribution is 2.39. The highest BCUT2D eigenvalue weighted by atomic mass is 32.2. The zero-order valence-electron chi connectivity index (χ0n) is 14.5. The van der Waals surface area contributed by atoms with Crippen molar-refractivity contribution in [1.82, 2.24) is 5.16 Å². The molecule has 1 N–H and O–H groups in total. The van der Waals surface area contributed by atoms with Crippen LogP contribution in [0.1, 0.15) is 21.0 Å². The number of nitrogens with one attached hydrogen (secondary N) is 1. The third-order valence-corrected chi connectivity index (χ3v) is 6.80. The molecule has 0 radical (unpaired) electrons. The van der Waals surface area contributed by atoms with Crippen LogP contribution in [-0.4, -0.2) is 19.4 Å². The van der Waals surface area contributed by atoms with Crippen LogP contribution in [-0.2, 0) is 16.6 Å². The number of benzene rings is 1. The fourth-order valence-corrected chi connectivity index (χ4v) is 5.27. The number of ketones is 1. The van der Waals surface area contributed by atoms with E-state index in [0.29, 0.717) is 21.9 Å². The first kappa shape index (κ1) is 18.4. The van der Waals surface area contributed by atoms with Crippen LogP contribution in [0.15, 0.2) is 57.4 Å². The van der Waals surface area contributed by atoms with Gasteiger partial charge in [-0.25, -0.2) is 12.8 Å². The third kappa shape index (κ3) is 3.20. The lowest BCUT2D eigenvalue weighted by atomic mass is 10.2. The van der Waals surface area contributed by atoms with Crippen LogP contribution in [0.25, 0.3) is 0 Å². The molecule has 0 amide bonds. The van der Waals surface area contributed by atoms with E-state index in [0.717, 1.165) is 21.8 Å². The van der Waals surface area contributed by atoms with E-state index < -0.39 is 26.5 Å². The van der Waals surface area contributed by atoms with Gasteiger partial charge >= 0.3 is 0 Å². The molecule has 0 atom stereocenters. The lowest BCUT2D eigenvalue weighted by Gasteiger charge is -2.29. The van der Waals surface area contributed by atoms with Gasteiger partial charge in [0.05, 0.1) is 12.2 Å². The number of hydrogen-bond acceptors (Lipinski definition) is 7. The Morgan fingerprint density at radius 1 is 1.29 bits per heavy atom. The van der Waals surface area contributed by atoms with Gasteiger partial charge in [-0.1, -0.05) is 17.3 Å². The minimum Gasteiger partial charge on any atom is -0.360 e. The minimum atomic E-state index is -4.13. The minimum absolute atomic E-state index is 0.0277. The van der Waals surface area contributed by atoms with Crippen molar-refractivity contribution in [3.63, 3.8) is 0 Å². The molecule has 1 aromatic carbocycles. The SMILES string of the molecule is Cc1cc(N/C=C2/C(=O)c3sccc3N(Cc3ccc(F)cc3)S2(=O)=O)no1. The van der Waals surface area contributed by atoms with E-state index in [1.54, 1.807) is 24.4 Å². The Bertz CT molecular complexity index is 1180. The molecule has 3 aromatic rings. The summed E-state index contributed by atoms with van der Waals surface area (Å²) in [5.74, 6) is -0.176. The van der Waals surface area contributed by atoms with E-state index in [9.17, 15) is 17.6 Å². The third-order valence-electron chi connectivity index (χ3n) is 4.13. The Morgan fingerprint density at radius 2 is 2.04 bits per heavy atom. The molecule has 0 bridgehead atoms. The van der Waals surface area contributed by atoms with Crippen molar-refractivity contribution in [3.8, 4) is 0 Å². The predicted octanol–water partition coefficient (Wildman–Crippen LogP) is 3.67. The lowest BCUT2D eigenvalue weighted by Crippen LogP contribution is -2.38. The molecule has 7 nitrogen and oxygen atoms in total. The highest BCUT2D eigenvalue weighted by Gasteiger charge is 2.41. The summed E-state index contributed by atoms with van der Waals surface area (Å²) in [6.07, 6.45) is 1.12. The van der Waals surface area contributed by atoms with Crippen LogP contribution in [0.4, 0.5) is 15.9 Å². The second-order valence-corrected chi connectivity index (χ2v) is 8.82. The number of hydrogen-bond donors (Lipinski definition) is 1. The molecule has 0 aliphatic carbocycles. The van der Waals surface area contributed by atoms with E-state index >= 15 is 0 Å². The van der Waals surface area contributed by atoms with Gasteiger partial charge in [0, 0.05) is 12.3 Å². The Labute approximate surface area is 164 Å². The fraction of sp³-hybridized carbons (Fsp3) is 0.111. The van der Waals surface area contributed by atoms with E-state index in [4.69, 9.17) is 4.52 Å². The van der Waals surface area contributed by atoms with Crippen LogP contribution in [0, 0.1) is 12.7 Å². The molecule has 0 spiro atoms. The number of carbonyl (C=O) groups is 1. The van der Waals surface area contributed by atoms with E-state index in [2.05, 4.69) is 10.5 Å². The van der Waals surface area contributed by atoms with Crippen LogP contribution in [0.5, 0.6) is 0 Å². The standard InChI is InChI=1S/C18H14FN3O4S2/c1-11-8-16(21-26-11)20-9-15-17(23)18-14(6-7-27-18)22(28(15,24)25)10-12-2-4-13(19)5-3-12/h2-9H,10H2,1H3,(H,20,21)/b15-9-. The summed E-state index contributed by atoms with van der Waals surface area (Å²) in [4.78, 5) is 12.7. The second-order valence-electron chi connectivity index (χ2n) is 6.08. The first-order chi connectivity index (χ1) is 13.4. The summed E-state index contributed by atoms with van der Waals surface area (Å²) >= 11 is 1.16. The predicted molar refractivity (Wildman–Crippen MR) is 103 cm³/mol. The number of halogens is 1. The lowest BCUT2D eigenvalue weighted by molar-refractivity contribution is 0.104. The van der Waals surface area contributed by atoms with Crippen LogP contribution in [0.2, 0.25) is 0 Å². The van der Waals surface area contributed by atoms with Crippen molar-refractivity contribution in [2.45, 2.75) is 13.5 Å². The number of sulfonamides is 1. The average Bonchev–Trinajstić information content (AvgIpc) is 3.29. The molecule has 28 heavy (non-hydrogen) atoms. The van der Waals surface area contributed by atoms with Crippen molar-refractivity contribution in [1.29, 1.82) is 0 Å². The summed E-state index contributed by atoms with van der Waals surface area (Å²) in [5.41, 5.74) is 0.907. The summed E-state index contributed by atoms with van der Waals surface area (Å²) in [7, 11) is -4.13. The molecule has 0 unspecified atom stereocenters. The maximum Gasteiger partial charge on any atom is 0.270 e. The molecule has 3 heterocycles. The number of aryl methyl sites for hydroxylation is 1. The average molecular weight is 419 g/mol. The van der Waals surface area contributed by atoms with Gasteiger partial charge in [-0.2, -0.15) is 0 Å². The summed E-state index contributed by atoms with van der Waals surface area (Å²) in [5, 5.41) is 8.08. The molecular formula is C18H14FN3O4S2. The van der Waals surface area contributed by atoms with Gasteiger partial charge in [0.25, 0.3) is 10.0 Å². The molecule has 2 aromatic heterocycles. The van der Waals surface area contributed by atoms with Crippen LogP contribution >= 0.6 is 11.3 Å². The quantitative estimate of drug-likeness (QED) is 0.649. The molecule has 0 fully saturated rings. The van der Waals surface area contributed by atoms with Crippen molar-refractivity contribution in [3.05, 3.63) is 74.9 Å². The normalized spacial score (nSPS) is 17.0. The first-order valence-corrected chi connectivity index (χ1v) is 10.5. The monoisotopic (exact) mass is 419 g/mol. The number of anilines is 2. The van der Waals surface area contributed by atoms with Gasteiger partial charge in [0.15, 0.2) is 10.7 Å². The molecule has 1 aliphatic rings. The summed E-state index contributed by atoms with van der Waals surface area (Å²) < 4.78 is 45.6. The maximum absolute atomic E-state index is 13.2. The topological polar surface area (TPSA) is 92.5 Å². The Morgan fingerprint density at radius 3 is 2.71 bits per heavy atom. The molecular weight excluding hydrogens is 405 g/mol. The van der Waals surface area contributed by atoms with Crippen molar-refractivity contribution < 1.29 is 22.1 Å². The number of thiophene rings is 1. The maximum atomic E-state index is 13.2. The van der Waals surface area contributed by atoms with Gasteiger partial charge in [-0.3, -0.25) is 9.10 Å².